The summed E-state index contributed by atoms with van der Waals surface area (Å²) in [7, 11) is 0. The maximum atomic E-state index is 11.3. The maximum absolute atomic E-state index is 11.3. The molecule has 2 unspecified atom stereocenters. The number of nitrogens with zero attached hydrogens (tertiary/aromatic N) is 1. The van der Waals surface area contributed by atoms with E-state index in [1.54, 1.807) is 0 Å². The molecule has 0 amide bonds. The minimum absolute atomic E-state index is 0.0597. The number of para-hydroxylation sites is 1. The molecule has 19 heavy (non-hydrogen) atoms. The van der Waals surface area contributed by atoms with Gasteiger partial charge in [-0.25, -0.2) is 0 Å². The molecule has 1 aliphatic rings. The average Bonchev–Trinajstić information content (AvgIpc) is 2.56. The first-order chi connectivity index (χ1) is 8.89. The van der Waals surface area contributed by atoms with Crippen LogP contribution in [0.25, 0.3) is 0 Å². The van der Waals surface area contributed by atoms with E-state index >= 15 is 0 Å². The summed E-state index contributed by atoms with van der Waals surface area (Å²) in [5.74, 6) is -0.221. The van der Waals surface area contributed by atoms with E-state index in [1.165, 1.54) is 18.2 Å². The SMILES string of the molecule is CCC(OC(C)=O)N1c2ccccc2C(C)(C)C1C. The molecule has 0 aliphatic carbocycles. The van der Waals surface area contributed by atoms with Crippen LogP contribution in [0.5, 0.6) is 0 Å². The third kappa shape index (κ3) is 2.22. The number of carbonyl (C=O) groups is 1. The van der Waals surface area contributed by atoms with Gasteiger partial charge in [0.25, 0.3) is 0 Å². The van der Waals surface area contributed by atoms with Gasteiger partial charge in [0.2, 0.25) is 0 Å². The largest absolute Gasteiger partial charge is 0.442 e. The molecule has 3 nitrogen and oxygen atoms in total. The van der Waals surface area contributed by atoms with Crippen molar-refractivity contribution in [1.82, 2.24) is 0 Å². The van der Waals surface area contributed by atoms with Crippen LogP contribution < -0.4 is 4.90 Å². The first kappa shape index (κ1) is 13.9. The number of fused-ring (bicyclic) bond motifs is 1. The van der Waals surface area contributed by atoms with Crippen molar-refractivity contribution in [2.75, 3.05) is 4.90 Å². The highest BCUT2D eigenvalue weighted by molar-refractivity contribution is 5.68. The van der Waals surface area contributed by atoms with Crippen molar-refractivity contribution >= 4 is 11.7 Å². The summed E-state index contributed by atoms with van der Waals surface area (Å²) in [6.45, 7) is 10.2. The van der Waals surface area contributed by atoms with Crippen LogP contribution in [0.4, 0.5) is 5.69 Å². The van der Waals surface area contributed by atoms with Crippen LogP contribution in [-0.2, 0) is 14.9 Å². The smallest absolute Gasteiger partial charge is 0.304 e. The Labute approximate surface area is 115 Å². The minimum atomic E-state index is -0.221. The van der Waals surface area contributed by atoms with Gasteiger partial charge < -0.3 is 9.64 Å². The van der Waals surface area contributed by atoms with Gasteiger partial charge in [-0.05, 0) is 18.6 Å². The Balaban J connectivity index is 2.44. The maximum Gasteiger partial charge on any atom is 0.304 e. The molecule has 2 rings (SSSR count). The standard InChI is InChI=1S/C16H23NO2/c1-6-15(19-12(3)18)17-11(2)16(4,5)13-9-7-8-10-14(13)17/h7-11,15H,6H2,1-5H3. The molecule has 0 spiro atoms. The molecular formula is C16H23NO2. The lowest BCUT2D eigenvalue weighted by Gasteiger charge is -2.36. The number of rotatable bonds is 3. The van der Waals surface area contributed by atoms with Gasteiger partial charge in [-0.15, -0.1) is 0 Å². The molecule has 104 valence electrons. The highest BCUT2D eigenvalue weighted by Gasteiger charge is 2.44. The van der Waals surface area contributed by atoms with Crippen molar-refractivity contribution in [3.63, 3.8) is 0 Å². The second-order valence-electron chi connectivity index (χ2n) is 5.79. The summed E-state index contributed by atoms with van der Waals surface area (Å²) in [6, 6.07) is 8.71. The molecule has 0 saturated heterocycles. The van der Waals surface area contributed by atoms with E-state index in [-0.39, 0.29) is 17.6 Å². The Hall–Kier alpha value is -1.51. The van der Waals surface area contributed by atoms with Gasteiger partial charge in [-0.3, -0.25) is 4.79 Å². The summed E-state index contributed by atoms with van der Waals surface area (Å²) in [6.07, 6.45) is 0.601. The Morgan fingerprint density at radius 3 is 2.63 bits per heavy atom. The molecular weight excluding hydrogens is 238 g/mol. The number of hydrogen-bond acceptors (Lipinski definition) is 3. The third-order valence-corrected chi connectivity index (χ3v) is 4.30. The molecule has 0 bridgehead atoms. The van der Waals surface area contributed by atoms with E-state index in [4.69, 9.17) is 4.74 Å². The average molecular weight is 261 g/mol. The highest BCUT2D eigenvalue weighted by atomic mass is 16.6. The van der Waals surface area contributed by atoms with Crippen LogP contribution in [0.2, 0.25) is 0 Å². The molecule has 0 saturated carbocycles. The number of anilines is 1. The lowest BCUT2D eigenvalue weighted by molar-refractivity contribution is -0.146. The normalized spacial score (nSPS) is 21.9. The lowest BCUT2D eigenvalue weighted by atomic mass is 9.81. The van der Waals surface area contributed by atoms with E-state index in [0.717, 1.165) is 6.42 Å². The Kier molecular flexibility index (Phi) is 3.57. The monoisotopic (exact) mass is 261 g/mol. The zero-order chi connectivity index (χ0) is 14.2. The van der Waals surface area contributed by atoms with Crippen molar-refractivity contribution < 1.29 is 9.53 Å². The van der Waals surface area contributed by atoms with Crippen LogP contribution >= 0.6 is 0 Å². The Bertz CT molecular complexity index is 481. The van der Waals surface area contributed by atoms with Gasteiger partial charge >= 0.3 is 5.97 Å². The van der Waals surface area contributed by atoms with Crippen LogP contribution in [0.1, 0.15) is 46.6 Å². The van der Waals surface area contributed by atoms with Crippen molar-refractivity contribution in [3.05, 3.63) is 29.8 Å². The van der Waals surface area contributed by atoms with Crippen molar-refractivity contribution in [2.45, 2.75) is 58.7 Å². The fourth-order valence-electron chi connectivity index (χ4n) is 2.96. The van der Waals surface area contributed by atoms with Crippen LogP contribution in [0, 0.1) is 0 Å². The van der Waals surface area contributed by atoms with Crippen LogP contribution in [0.3, 0.4) is 0 Å². The summed E-state index contributed by atoms with van der Waals surface area (Å²) in [5.41, 5.74) is 2.57. The van der Waals surface area contributed by atoms with Crippen molar-refractivity contribution in [2.24, 2.45) is 0 Å². The van der Waals surface area contributed by atoms with Gasteiger partial charge in [0.15, 0.2) is 6.23 Å². The summed E-state index contributed by atoms with van der Waals surface area (Å²) in [4.78, 5) is 13.5. The van der Waals surface area contributed by atoms with Gasteiger partial charge in [0.05, 0.1) is 0 Å². The molecule has 2 atom stereocenters. The predicted octanol–water partition coefficient (Wildman–Crippen LogP) is 3.47. The number of benzene rings is 1. The van der Waals surface area contributed by atoms with E-state index in [0.29, 0.717) is 6.04 Å². The number of ether oxygens (including phenoxy) is 1. The summed E-state index contributed by atoms with van der Waals surface area (Å²) < 4.78 is 5.49. The minimum Gasteiger partial charge on any atom is -0.442 e. The van der Waals surface area contributed by atoms with E-state index in [2.05, 4.69) is 43.9 Å². The molecule has 1 aromatic rings. The van der Waals surface area contributed by atoms with Crippen LogP contribution in [-0.4, -0.2) is 18.2 Å². The lowest BCUT2D eigenvalue weighted by Crippen LogP contribution is -2.46. The van der Waals surface area contributed by atoms with E-state index in [9.17, 15) is 4.79 Å². The molecule has 0 fully saturated rings. The summed E-state index contributed by atoms with van der Waals surface area (Å²) in [5, 5.41) is 0. The van der Waals surface area contributed by atoms with Gasteiger partial charge in [0.1, 0.15) is 0 Å². The molecule has 1 aliphatic heterocycles. The topological polar surface area (TPSA) is 29.5 Å². The second-order valence-corrected chi connectivity index (χ2v) is 5.79. The van der Waals surface area contributed by atoms with Gasteiger partial charge in [0, 0.05) is 30.5 Å². The van der Waals surface area contributed by atoms with Crippen molar-refractivity contribution in [1.29, 1.82) is 0 Å². The van der Waals surface area contributed by atoms with Crippen LogP contribution in [0.15, 0.2) is 24.3 Å². The zero-order valence-corrected chi connectivity index (χ0v) is 12.4. The first-order valence-electron chi connectivity index (χ1n) is 6.94. The third-order valence-electron chi connectivity index (χ3n) is 4.30. The fraction of sp³-hybridized carbons (Fsp3) is 0.562. The number of esters is 1. The number of carbonyl (C=O) groups excluding carboxylic acids is 1. The van der Waals surface area contributed by atoms with E-state index in [1.807, 2.05) is 13.0 Å². The predicted molar refractivity (Wildman–Crippen MR) is 77.3 cm³/mol. The molecule has 0 radical (unpaired) electrons. The molecule has 0 aromatic heterocycles. The molecule has 0 N–H and O–H groups in total. The van der Waals surface area contributed by atoms with Crippen molar-refractivity contribution in [3.8, 4) is 0 Å². The molecule has 1 aromatic carbocycles. The van der Waals surface area contributed by atoms with Gasteiger partial charge in [-0.1, -0.05) is 39.0 Å². The second kappa shape index (κ2) is 4.87. The van der Waals surface area contributed by atoms with E-state index < -0.39 is 0 Å². The summed E-state index contributed by atoms with van der Waals surface area (Å²) >= 11 is 0. The Morgan fingerprint density at radius 1 is 1.42 bits per heavy atom. The molecule has 1 heterocycles. The number of hydrogen-bond donors (Lipinski definition) is 0. The molecule has 3 heteroatoms. The quantitative estimate of drug-likeness (QED) is 0.780. The first-order valence-corrected chi connectivity index (χ1v) is 6.94. The zero-order valence-electron chi connectivity index (χ0n) is 12.4. The fourth-order valence-corrected chi connectivity index (χ4v) is 2.96. The Morgan fingerprint density at radius 2 is 2.05 bits per heavy atom. The highest BCUT2D eigenvalue weighted by Crippen LogP contribution is 2.46. The van der Waals surface area contributed by atoms with Gasteiger partial charge in [-0.2, -0.15) is 0 Å².